The number of hydrogen-bond donors (Lipinski definition) is 0. The SMILES string of the molecule is O=[C]OCc1ncco1. The van der Waals surface area contributed by atoms with Crippen LogP contribution in [-0.2, 0) is 16.1 Å². The first-order chi connectivity index (χ1) is 4.43. The third kappa shape index (κ3) is 1.56. The van der Waals surface area contributed by atoms with Gasteiger partial charge >= 0.3 is 6.47 Å². The van der Waals surface area contributed by atoms with E-state index < -0.39 is 0 Å². The number of nitrogens with zero attached hydrogens (tertiary/aromatic N) is 1. The Morgan fingerprint density at radius 3 is 3.33 bits per heavy atom. The molecule has 0 unspecified atom stereocenters. The Morgan fingerprint density at radius 1 is 1.89 bits per heavy atom. The molecule has 1 radical (unpaired) electrons. The third-order valence-corrected chi connectivity index (χ3v) is 0.738. The quantitative estimate of drug-likeness (QED) is 0.582. The number of oxazole rings is 1. The predicted molar refractivity (Wildman–Crippen MR) is 27.0 cm³/mol. The number of rotatable bonds is 3. The highest BCUT2D eigenvalue weighted by Gasteiger charge is 1.94. The number of ether oxygens (including phenoxy) is 1. The Balaban J connectivity index is 2.38. The molecule has 0 saturated heterocycles. The second-order valence-electron chi connectivity index (χ2n) is 1.30. The fourth-order valence-corrected chi connectivity index (χ4v) is 0.415. The Labute approximate surface area is 51.5 Å². The lowest BCUT2D eigenvalue weighted by Gasteiger charge is -1.87. The first-order valence-corrected chi connectivity index (χ1v) is 2.31. The molecule has 9 heavy (non-hydrogen) atoms. The highest BCUT2D eigenvalue weighted by molar-refractivity contribution is 5.38. The van der Waals surface area contributed by atoms with Crippen molar-refractivity contribution < 1.29 is 13.9 Å². The van der Waals surface area contributed by atoms with Crippen molar-refractivity contribution in [1.29, 1.82) is 0 Å². The molecule has 47 valence electrons. The standard InChI is InChI=1S/C5H4NO3/c7-4-8-3-5-6-1-2-9-5/h1-2H,3H2. The summed E-state index contributed by atoms with van der Waals surface area (Å²) in [6.45, 7) is 1.31. The summed E-state index contributed by atoms with van der Waals surface area (Å²) >= 11 is 0. The zero-order valence-electron chi connectivity index (χ0n) is 4.53. The van der Waals surface area contributed by atoms with Gasteiger partial charge in [0.05, 0.1) is 6.20 Å². The molecule has 4 nitrogen and oxygen atoms in total. The van der Waals surface area contributed by atoms with Crippen molar-refractivity contribution in [2.24, 2.45) is 0 Å². The summed E-state index contributed by atoms with van der Waals surface area (Å²) in [5.74, 6) is 0.373. The number of hydrogen-bond acceptors (Lipinski definition) is 4. The van der Waals surface area contributed by atoms with Crippen LogP contribution in [0.2, 0.25) is 0 Å². The Hall–Kier alpha value is -1.32. The molecule has 0 atom stereocenters. The summed E-state index contributed by atoms with van der Waals surface area (Å²) < 4.78 is 8.94. The topological polar surface area (TPSA) is 52.3 Å². The predicted octanol–water partition coefficient (Wildman–Crippen LogP) is 0.258. The van der Waals surface area contributed by atoms with Crippen molar-refractivity contribution in [3.63, 3.8) is 0 Å². The van der Waals surface area contributed by atoms with E-state index in [0.717, 1.165) is 0 Å². The van der Waals surface area contributed by atoms with Crippen molar-refractivity contribution in [3.8, 4) is 0 Å². The monoisotopic (exact) mass is 126 g/mol. The van der Waals surface area contributed by atoms with E-state index in [1.54, 1.807) is 0 Å². The lowest BCUT2D eigenvalue weighted by molar-refractivity contribution is 0.233. The van der Waals surface area contributed by atoms with Gasteiger partial charge in [-0.3, -0.25) is 0 Å². The Bertz CT molecular complexity index is 170. The lowest BCUT2D eigenvalue weighted by Crippen LogP contribution is -1.88. The molecular formula is C5H4NO3. The van der Waals surface area contributed by atoms with Crippen LogP contribution in [0.4, 0.5) is 0 Å². The molecule has 4 heteroatoms. The highest BCUT2D eigenvalue weighted by Crippen LogP contribution is 1.94. The van der Waals surface area contributed by atoms with E-state index in [1.165, 1.54) is 18.9 Å². The Kier molecular flexibility index (Phi) is 1.85. The van der Waals surface area contributed by atoms with Gasteiger partial charge in [-0.1, -0.05) is 0 Å². The summed E-state index contributed by atoms with van der Waals surface area (Å²) in [5.41, 5.74) is 0. The van der Waals surface area contributed by atoms with Gasteiger partial charge in [-0.05, 0) is 0 Å². The van der Waals surface area contributed by atoms with Crippen LogP contribution in [0.5, 0.6) is 0 Å². The largest absolute Gasteiger partial charge is 0.447 e. The van der Waals surface area contributed by atoms with Crippen LogP contribution in [0.25, 0.3) is 0 Å². The summed E-state index contributed by atoms with van der Waals surface area (Å²) in [4.78, 5) is 13.2. The van der Waals surface area contributed by atoms with Crippen molar-refractivity contribution in [1.82, 2.24) is 4.98 Å². The van der Waals surface area contributed by atoms with E-state index in [0.29, 0.717) is 5.89 Å². The van der Waals surface area contributed by atoms with Gasteiger partial charge in [0.2, 0.25) is 5.89 Å². The molecule has 0 fully saturated rings. The van der Waals surface area contributed by atoms with Crippen molar-refractivity contribution in [3.05, 3.63) is 18.4 Å². The number of aromatic nitrogens is 1. The van der Waals surface area contributed by atoms with Gasteiger partial charge in [0, 0.05) is 0 Å². The summed E-state index contributed by atoms with van der Waals surface area (Å²) in [5, 5.41) is 0. The van der Waals surface area contributed by atoms with E-state index >= 15 is 0 Å². The molecule has 0 bridgehead atoms. The summed E-state index contributed by atoms with van der Waals surface area (Å²) in [6.07, 6.45) is 2.88. The maximum Gasteiger partial charge on any atom is 0.417 e. The van der Waals surface area contributed by atoms with E-state index in [9.17, 15) is 4.79 Å². The fourth-order valence-electron chi connectivity index (χ4n) is 0.415. The van der Waals surface area contributed by atoms with Gasteiger partial charge in [-0.2, -0.15) is 0 Å². The minimum absolute atomic E-state index is 0.0521. The first-order valence-electron chi connectivity index (χ1n) is 2.31. The van der Waals surface area contributed by atoms with Crippen LogP contribution < -0.4 is 0 Å². The maximum absolute atomic E-state index is 9.48. The second kappa shape index (κ2) is 2.86. The van der Waals surface area contributed by atoms with Gasteiger partial charge in [0.1, 0.15) is 6.26 Å². The van der Waals surface area contributed by atoms with Crippen LogP contribution in [0.1, 0.15) is 5.89 Å². The van der Waals surface area contributed by atoms with Crippen LogP contribution in [-0.4, -0.2) is 11.5 Å². The van der Waals surface area contributed by atoms with E-state index in [-0.39, 0.29) is 6.61 Å². The van der Waals surface area contributed by atoms with E-state index in [2.05, 4.69) is 9.72 Å². The van der Waals surface area contributed by atoms with Gasteiger partial charge in [0.25, 0.3) is 0 Å². The highest BCUT2D eigenvalue weighted by atomic mass is 16.5. The second-order valence-corrected chi connectivity index (χ2v) is 1.30. The third-order valence-electron chi connectivity index (χ3n) is 0.738. The molecule has 0 spiro atoms. The van der Waals surface area contributed by atoms with Crippen molar-refractivity contribution in [2.75, 3.05) is 0 Å². The van der Waals surface area contributed by atoms with Crippen LogP contribution in [0.3, 0.4) is 0 Å². The van der Waals surface area contributed by atoms with Gasteiger partial charge in [0.15, 0.2) is 6.61 Å². The van der Waals surface area contributed by atoms with Gasteiger partial charge in [-0.15, -0.1) is 0 Å². The Morgan fingerprint density at radius 2 is 2.78 bits per heavy atom. The molecule has 1 aromatic rings. The minimum atomic E-state index is 0.0521. The normalized spacial score (nSPS) is 8.89. The molecule has 0 aliphatic rings. The fraction of sp³-hybridized carbons (Fsp3) is 0.200. The van der Waals surface area contributed by atoms with Crippen molar-refractivity contribution >= 4 is 6.47 Å². The molecule has 0 aliphatic carbocycles. The lowest BCUT2D eigenvalue weighted by atomic mass is 10.7. The molecule has 1 rings (SSSR count). The zero-order valence-corrected chi connectivity index (χ0v) is 4.53. The van der Waals surface area contributed by atoms with Crippen LogP contribution >= 0.6 is 0 Å². The van der Waals surface area contributed by atoms with Crippen LogP contribution in [0.15, 0.2) is 16.9 Å². The smallest absolute Gasteiger partial charge is 0.417 e. The van der Waals surface area contributed by atoms with Crippen molar-refractivity contribution in [2.45, 2.75) is 6.61 Å². The minimum Gasteiger partial charge on any atom is -0.447 e. The van der Waals surface area contributed by atoms with Crippen LogP contribution in [0, 0.1) is 0 Å². The zero-order chi connectivity index (χ0) is 6.53. The molecule has 1 aromatic heterocycles. The molecule has 1 heterocycles. The summed E-state index contributed by atoms with van der Waals surface area (Å²) in [7, 11) is 0. The molecule has 0 aliphatic heterocycles. The van der Waals surface area contributed by atoms with Gasteiger partial charge < -0.3 is 9.15 Å². The average Bonchev–Trinajstić information content (AvgIpc) is 2.34. The molecule has 0 N–H and O–H groups in total. The van der Waals surface area contributed by atoms with E-state index in [1.807, 2.05) is 0 Å². The molecule has 0 aromatic carbocycles. The average molecular weight is 126 g/mol. The molecule has 0 saturated carbocycles. The molecular weight excluding hydrogens is 122 g/mol. The maximum atomic E-state index is 9.48. The first kappa shape index (κ1) is 5.81. The number of carbonyl (C=O) groups excluding carboxylic acids is 1. The van der Waals surface area contributed by atoms with Gasteiger partial charge in [-0.25, -0.2) is 9.78 Å². The summed E-state index contributed by atoms with van der Waals surface area (Å²) in [6, 6.07) is 0. The van der Waals surface area contributed by atoms with E-state index in [4.69, 9.17) is 4.42 Å². The molecule has 0 amide bonds.